The smallest absolute Gasteiger partial charge is 0 e. The first-order valence-corrected chi connectivity index (χ1v) is 0. The third kappa shape index (κ3) is 9.68. The third-order valence-corrected chi connectivity index (χ3v) is 0. The molecule has 0 spiro atoms. The molecule has 2 radical (unpaired) electrons. The summed E-state index contributed by atoms with van der Waals surface area (Å²) in [5.41, 5.74) is 0. The van der Waals surface area contributed by atoms with E-state index in [2.05, 4.69) is 0 Å². The van der Waals surface area contributed by atoms with Crippen molar-refractivity contribution in [1.29, 1.82) is 0 Å². The van der Waals surface area contributed by atoms with Crippen molar-refractivity contribution in [3.63, 3.8) is 0 Å². The molecule has 0 N–H and O–H groups in total. The van der Waals surface area contributed by atoms with Gasteiger partial charge in [0.2, 0.25) is 0 Å². The quantitative estimate of drug-likeness (QED) is 0.458. The molecule has 0 saturated heterocycles. The van der Waals surface area contributed by atoms with Gasteiger partial charge in [0.15, 0.2) is 0 Å². The zero-order valence-corrected chi connectivity index (χ0v) is 9.38. The molecule has 4 heteroatoms. The first-order chi connectivity index (χ1) is 0. The van der Waals surface area contributed by atoms with Gasteiger partial charge in [-0.05, 0) is 0 Å². The van der Waals surface area contributed by atoms with Crippen LogP contribution >= 0.6 is 0 Å². The average molecular weight is 480 g/mol. The fourth-order valence-electron chi connectivity index (χ4n) is 0. The number of hydrogen-bond acceptors (Lipinski definition) is 0. The van der Waals surface area contributed by atoms with Gasteiger partial charge in [0.25, 0.3) is 0 Å². The van der Waals surface area contributed by atoms with E-state index in [1.807, 2.05) is 0 Å². The van der Waals surface area contributed by atoms with E-state index < -0.39 is 0 Å². The maximum absolute atomic E-state index is 0. The Morgan fingerprint density at radius 3 is 1.00 bits per heavy atom. The molecule has 0 aromatic heterocycles. The molecule has 0 aromatic carbocycles. The van der Waals surface area contributed by atoms with Crippen LogP contribution in [0.3, 0.4) is 0 Å². The van der Waals surface area contributed by atoms with Gasteiger partial charge in [-0.2, -0.15) is 0 Å². The Hall–Kier alpha value is 4.45. The first-order valence-electron chi connectivity index (χ1n) is 0. The van der Waals surface area contributed by atoms with Crippen molar-refractivity contribution in [3.05, 3.63) is 0 Å². The maximum Gasteiger partial charge on any atom is 0 e. The van der Waals surface area contributed by atoms with Crippen LogP contribution in [0, 0.1) is 84.2 Å². The van der Waals surface area contributed by atoms with Gasteiger partial charge >= 0.3 is 0 Å². The number of hydrogen-bond donors (Lipinski definition) is 0. The van der Waals surface area contributed by atoms with Crippen LogP contribution < -0.4 is 0 Å². The molecule has 0 aromatic rings. The van der Waals surface area contributed by atoms with Crippen LogP contribution in [-0.2, 0) is 51.3 Å². The van der Waals surface area contributed by atoms with Crippen LogP contribution in [0.25, 0.3) is 0 Å². The summed E-state index contributed by atoms with van der Waals surface area (Å²) in [6, 6.07) is 0. The van der Waals surface area contributed by atoms with Crippen LogP contribution in [0.2, 0.25) is 0 Å². The second-order valence-corrected chi connectivity index (χ2v) is 0. The van der Waals surface area contributed by atoms with Gasteiger partial charge in [-0.3, -0.25) is 0 Å². The molecule has 0 rings (SSSR count). The maximum atomic E-state index is 0. The normalized spacial score (nSPS) is 0. The van der Waals surface area contributed by atoms with Gasteiger partial charge in [0.05, 0.1) is 0 Å². The second kappa shape index (κ2) is 15.7. The Labute approximate surface area is 131 Å². The summed E-state index contributed by atoms with van der Waals surface area (Å²) in [4.78, 5) is 0. The van der Waals surface area contributed by atoms with Crippen molar-refractivity contribution in [3.8, 4) is 0 Å². The summed E-state index contributed by atoms with van der Waals surface area (Å²) in [5, 5.41) is 0. The molecule has 0 fully saturated rings. The van der Waals surface area contributed by atoms with Crippen LogP contribution in [0.5, 0.6) is 0 Å². The fraction of sp³-hybridized carbons (Fsp3) is 0. The minimum absolute atomic E-state index is 0. The molecule has 0 aliphatic carbocycles. The van der Waals surface area contributed by atoms with Crippen molar-refractivity contribution < 1.29 is 135 Å². The summed E-state index contributed by atoms with van der Waals surface area (Å²) >= 11 is 0. The van der Waals surface area contributed by atoms with Gasteiger partial charge in [0, 0.05) is 135 Å². The van der Waals surface area contributed by atoms with Gasteiger partial charge < -0.3 is 0 Å². The topological polar surface area (TPSA) is 0 Å². The molecule has 0 nitrogen and oxygen atoms in total. The van der Waals surface area contributed by atoms with Crippen molar-refractivity contribution in [2.75, 3.05) is 0 Å². The van der Waals surface area contributed by atoms with E-state index in [9.17, 15) is 0 Å². The average Bonchev–Trinajstić information content (AvgIpc) is 0. The number of rotatable bonds is 0. The first kappa shape index (κ1) is 23.7. The van der Waals surface area contributed by atoms with Crippen LogP contribution in [0.15, 0.2) is 0 Å². The van der Waals surface area contributed by atoms with Crippen LogP contribution in [0.1, 0.15) is 0 Å². The van der Waals surface area contributed by atoms with Crippen LogP contribution in [-0.4, -0.2) is 0 Å². The van der Waals surface area contributed by atoms with E-state index in [1.54, 1.807) is 0 Å². The van der Waals surface area contributed by atoms with E-state index in [0.717, 1.165) is 0 Å². The Bertz CT molecular complexity index is 8.00. The van der Waals surface area contributed by atoms with Gasteiger partial charge in [0.1, 0.15) is 0 Å². The summed E-state index contributed by atoms with van der Waals surface area (Å²) in [6.07, 6.45) is 0. The van der Waals surface area contributed by atoms with E-state index in [1.165, 1.54) is 0 Å². The SMILES string of the molecule is [Er].[V].[Y].[Yb]. The van der Waals surface area contributed by atoms with E-state index in [0.29, 0.717) is 0 Å². The monoisotopic (exact) mass is 480 g/mol. The molecular weight excluding hydrogens is 480 g/mol. The molecule has 34 valence electrons. The largest absolute Gasteiger partial charge is 0 e. The standard InChI is InChI=1S/Er.V.Y.Yb. The van der Waals surface area contributed by atoms with Crippen molar-refractivity contribution >= 4 is 0 Å². The van der Waals surface area contributed by atoms with Crippen molar-refractivity contribution in [2.24, 2.45) is 0 Å². The third-order valence-electron chi connectivity index (χ3n) is 0. The predicted octanol–water partition coefficient (Wildman–Crippen LogP) is -0.00500. The van der Waals surface area contributed by atoms with E-state index in [4.69, 9.17) is 0 Å². The summed E-state index contributed by atoms with van der Waals surface area (Å²) < 4.78 is 0. The molecule has 0 atom stereocenters. The summed E-state index contributed by atoms with van der Waals surface area (Å²) in [6.45, 7) is 0. The van der Waals surface area contributed by atoms with Crippen molar-refractivity contribution in [2.45, 2.75) is 0 Å². The molecule has 0 bridgehead atoms. The van der Waals surface area contributed by atoms with Gasteiger partial charge in [-0.15, -0.1) is 0 Å². The Balaban J connectivity index is 0. The molecule has 0 aliphatic heterocycles. The second-order valence-electron chi connectivity index (χ2n) is 0. The Kier molecular flexibility index (Phi) is 92.6. The predicted molar refractivity (Wildman–Crippen MR) is 0 cm³/mol. The van der Waals surface area contributed by atoms with Crippen LogP contribution in [0.4, 0.5) is 0 Å². The molecule has 0 amide bonds. The summed E-state index contributed by atoms with van der Waals surface area (Å²) in [7, 11) is 0. The minimum atomic E-state index is 0. The molecule has 0 unspecified atom stereocenters. The Morgan fingerprint density at radius 2 is 1.00 bits per heavy atom. The molecule has 4 heavy (non-hydrogen) atoms. The van der Waals surface area contributed by atoms with E-state index >= 15 is 0 Å². The Morgan fingerprint density at radius 1 is 1.00 bits per heavy atom. The minimum Gasteiger partial charge on any atom is 0 e. The molecular formula is ErVYYb. The van der Waals surface area contributed by atoms with Gasteiger partial charge in [-0.1, -0.05) is 0 Å². The fourth-order valence-corrected chi connectivity index (χ4v) is 0. The zero-order valence-electron chi connectivity index (χ0n) is 1.58. The molecule has 0 heterocycles. The molecule has 0 aliphatic rings. The molecule has 0 saturated carbocycles. The van der Waals surface area contributed by atoms with E-state index in [-0.39, 0.29) is 135 Å². The zero-order chi connectivity index (χ0) is 0. The van der Waals surface area contributed by atoms with Gasteiger partial charge in [-0.25, -0.2) is 0 Å². The summed E-state index contributed by atoms with van der Waals surface area (Å²) in [5.74, 6) is 0. The van der Waals surface area contributed by atoms with Crippen molar-refractivity contribution in [1.82, 2.24) is 0 Å².